The molecular weight excluding hydrogens is 376 g/mol. The van der Waals surface area contributed by atoms with Crippen molar-refractivity contribution in [1.29, 1.82) is 0 Å². The van der Waals surface area contributed by atoms with Crippen molar-refractivity contribution in [3.05, 3.63) is 82.7 Å². The van der Waals surface area contributed by atoms with Crippen LogP contribution in [0, 0.1) is 0 Å². The normalized spacial score (nSPS) is 11.2. The van der Waals surface area contributed by atoms with Crippen LogP contribution < -0.4 is 5.32 Å². The minimum atomic E-state index is -0.106. The Labute approximate surface area is 175 Å². The van der Waals surface area contributed by atoms with Gasteiger partial charge in [-0.05, 0) is 48.2 Å². The van der Waals surface area contributed by atoms with Gasteiger partial charge in [-0.15, -0.1) is 11.3 Å². The summed E-state index contributed by atoms with van der Waals surface area (Å²) in [5.74, 6) is 0.222. The van der Waals surface area contributed by atoms with E-state index >= 15 is 0 Å². The van der Waals surface area contributed by atoms with Crippen molar-refractivity contribution >= 4 is 33.8 Å². The number of nitrogens with one attached hydrogen (secondary N) is 1. The van der Waals surface area contributed by atoms with Gasteiger partial charge >= 0.3 is 0 Å². The van der Waals surface area contributed by atoms with E-state index < -0.39 is 0 Å². The van der Waals surface area contributed by atoms with E-state index in [1.54, 1.807) is 11.3 Å². The highest BCUT2D eigenvalue weighted by Crippen LogP contribution is 2.31. The number of pyridine rings is 1. The first-order chi connectivity index (χ1) is 14.1. The monoisotopic (exact) mass is 400 g/mol. The van der Waals surface area contributed by atoms with Gasteiger partial charge in [-0.25, -0.2) is 4.98 Å². The summed E-state index contributed by atoms with van der Waals surface area (Å²) in [6.07, 6.45) is 0.998. The quantitative estimate of drug-likeness (QED) is 0.396. The maximum atomic E-state index is 13.3. The third-order valence-electron chi connectivity index (χ3n) is 5.05. The van der Waals surface area contributed by atoms with Gasteiger partial charge in [0.25, 0.3) is 5.91 Å². The first kappa shape index (κ1) is 19.3. The highest BCUT2D eigenvalue weighted by Gasteiger charge is 2.16. The van der Waals surface area contributed by atoms with Crippen LogP contribution in [0.15, 0.2) is 66.7 Å². The molecule has 0 bridgehead atoms. The average molecular weight is 401 g/mol. The molecule has 4 rings (SSSR count). The summed E-state index contributed by atoms with van der Waals surface area (Å²) in [7, 11) is 0. The summed E-state index contributed by atoms with van der Waals surface area (Å²) in [4.78, 5) is 20.5. The Hall–Kier alpha value is -2.98. The van der Waals surface area contributed by atoms with Crippen molar-refractivity contribution in [1.82, 2.24) is 4.98 Å². The Morgan fingerprint density at radius 3 is 2.55 bits per heavy atom. The number of aromatic nitrogens is 1. The molecule has 0 aliphatic carbocycles. The van der Waals surface area contributed by atoms with Crippen LogP contribution in [0.1, 0.15) is 47.5 Å². The zero-order valence-corrected chi connectivity index (χ0v) is 17.7. The van der Waals surface area contributed by atoms with Crippen LogP contribution >= 0.6 is 11.3 Å². The first-order valence-electron chi connectivity index (χ1n) is 9.96. The molecule has 4 aromatic rings. The van der Waals surface area contributed by atoms with Gasteiger partial charge in [-0.3, -0.25) is 4.79 Å². The topological polar surface area (TPSA) is 42.0 Å². The molecule has 0 atom stereocenters. The van der Waals surface area contributed by atoms with Gasteiger partial charge in [0, 0.05) is 16.0 Å². The number of hydrogen-bond acceptors (Lipinski definition) is 3. The van der Waals surface area contributed by atoms with Crippen molar-refractivity contribution in [2.45, 2.75) is 33.1 Å². The van der Waals surface area contributed by atoms with Gasteiger partial charge in [-0.1, -0.05) is 57.2 Å². The highest BCUT2D eigenvalue weighted by molar-refractivity contribution is 7.15. The smallest absolute Gasteiger partial charge is 0.256 e. The van der Waals surface area contributed by atoms with Gasteiger partial charge in [0.1, 0.15) is 0 Å². The lowest BCUT2D eigenvalue weighted by Gasteiger charge is -2.15. The molecule has 146 valence electrons. The summed E-state index contributed by atoms with van der Waals surface area (Å²) in [6, 6.07) is 22.0. The number of nitrogens with zero attached hydrogens (tertiary/aromatic N) is 1. The number of anilines is 1. The summed E-state index contributed by atoms with van der Waals surface area (Å²) < 4.78 is 0. The van der Waals surface area contributed by atoms with Crippen LogP contribution in [-0.4, -0.2) is 10.9 Å². The second-order valence-corrected chi connectivity index (χ2v) is 8.56. The molecule has 0 radical (unpaired) electrons. The van der Waals surface area contributed by atoms with Crippen molar-refractivity contribution in [2.24, 2.45) is 0 Å². The molecule has 0 aliphatic heterocycles. The Morgan fingerprint density at radius 1 is 1.03 bits per heavy atom. The summed E-state index contributed by atoms with van der Waals surface area (Å²) in [5, 5.41) is 4.00. The number of fused-ring (bicyclic) bond motifs is 1. The maximum absolute atomic E-state index is 13.3. The molecule has 2 heterocycles. The summed E-state index contributed by atoms with van der Waals surface area (Å²) in [5.41, 5.74) is 4.31. The predicted molar refractivity (Wildman–Crippen MR) is 123 cm³/mol. The van der Waals surface area contributed by atoms with Crippen molar-refractivity contribution in [3.63, 3.8) is 0 Å². The number of benzene rings is 2. The van der Waals surface area contributed by atoms with Gasteiger partial charge in [0.05, 0.1) is 21.7 Å². The van der Waals surface area contributed by atoms with E-state index in [1.165, 1.54) is 4.88 Å². The van der Waals surface area contributed by atoms with Crippen LogP contribution in [0.25, 0.3) is 21.5 Å². The lowest BCUT2D eigenvalue weighted by atomic mass is 10.0. The lowest BCUT2D eigenvalue weighted by molar-refractivity contribution is 0.102. The second kappa shape index (κ2) is 8.18. The molecule has 29 heavy (non-hydrogen) atoms. The van der Waals surface area contributed by atoms with Gasteiger partial charge in [0.15, 0.2) is 0 Å². The van der Waals surface area contributed by atoms with E-state index in [2.05, 4.69) is 44.3 Å². The summed E-state index contributed by atoms with van der Waals surface area (Å²) >= 11 is 1.73. The Morgan fingerprint density at radius 2 is 1.79 bits per heavy atom. The van der Waals surface area contributed by atoms with Gasteiger partial charge in [0.2, 0.25) is 0 Å². The molecule has 2 aromatic carbocycles. The molecule has 4 heteroatoms. The zero-order chi connectivity index (χ0) is 20.4. The standard InChI is InChI=1S/C25H24N2OS/c1-4-17-13-14-24(29-17)23-15-20(19-10-6-8-12-22(19)26-23)25(28)27-21-11-7-5-9-18(21)16(2)3/h5-16H,4H2,1-3H3,(H,27,28). The molecule has 0 aliphatic rings. The molecule has 0 saturated carbocycles. The SMILES string of the molecule is CCc1ccc(-c2cc(C(=O)Nc3ccccc3C(C)C)c3ccccc3n2)s1. The van der Waals surface area contributed by atoms with E-state index in [1.807, 2.05) is 48.5 Å². The fourth-order valence-corrected chi connectivity index (χ4v) is 4.41. The number of rotatable bonds is 5. The fourth-order valence-electron chi connectivity index (χ4n) is 3.50. The minimum absolute atomic E-state index is 0.106. The van der Waals surface area contributed by atoms with Crippen LogP contribution in [-0.2, 0) is 6.42 Å². The van der Waals surface area contributed by atoms with Gasteiger partial charge in [-0.2, -0.15) is 0 Å². The van der Waals surface area contributed by atoms with Crippen LogP contribution in [0.2, 0.25) is 0 Å². The molecule has 0 fully saturated rings. The Bertz CT molecular complexity index is 1180. The number of carbonyl (C=O) groups excluding carboxylic acids is 1. The second-order valence-electron chi connectivity index (χ2n) is 7.39. The lowest BCUT2D eigenvalue weighted by Crippen LogP contribution is -2.14. The maximum Gasteiger partial charge on any atom is 0.256 e. The predicted octanol–water partition coefficient (Wildman–Crippen LogP) is 6.90. The van der Waals surface area contributed by atoms with Crippen LogP contribution in [0.4, 0.5) is 5.69 Å². The molecule has 0 spiro atoms. The van der Waals surface area contributed by atoms with E-state index in [4.69, 9.17) is 4.98 Å². The molecular formula is C25H24N2OS. The number of hydrogen-bond donors (Lipinski definition) is 1. The third-order valence-corrected chi connectivity index (χ3v) is 6.31. The highest BCUT2D eigenvalue weighted by atomic mass is 32.1. The van der Waals surface area contributed by atoms with Crippen molar-refractivity contribution in [2.75, 3.05) is 5.32 Å². The number of carbonyl (C=O) groups is 1. The summed E-state index contributed by atoms with van der Waals surface area (Å²) in [6.45, 7) is 6.41. The molecule has 0 unspecified atom stereocenters. The fraction of sp³-hybridized carbons (Fsp3) is 0.200. The van der Waals surface area contributed by atoms with Crippen LogP contribution in [0.5, 0.6) is 0 Å². The molecule has 1 N–H and O–H groups in total. The zero-order valence-electron chi connectivity index (χ0n) is 16.9. The molecule has 2 aromatic heterocycles. The number of thiophene rings is 1. The minimum Gasteiger partial charge on any atom is -0.322 e. The van der Waals surface area contributed by atoms with Gasteiger partial charge < -0.3 is 5.32 Å². The van der Waals surface area contributed by atoms with E-state index in [0.29, 0.717) is 11.5 Å². The largest absolute Gasteiger partial charge is 0.322 e. The van der Waals surface area contributed by atoms with Crippen molar-refractivity contribution < 1.29 is 4.79 Å². The number of amides is 1. The average Bonchev–Trinajstić information content (AvgIpc) is 3.22. The van der Waals surface area contributed by atoms with E-state index in [-0.39, 0.29) is 5.91 Å². The number of para-hydroxylation sites is 2. The van der Waals surface area contributed by atoms with Crippen LogP contribution in [0.3, 0.4) is 0 Å². The van der Waals surface area contributed by atoms with E-state index in [9.17, 15) is 4.79 Å². The Balaban J connectivity index is 1.79. The third kappa shape index (κ3) is 3.94. The molecule has 0 saturated heterocycles. The van der Waals surface area contributed by atoms with Crippen molar-refractivity contribution in [3.8, 4) is 10.6 Å². The first-order valence-corrected chi connectivity index (χ1v) is 10.8. The molecule has 3 nitrogen and oxygen atoms in total. The Kier molecular flexibility index (Phi) is 5.45. The number of aryl methyl sites for hydroxylation is 1. The van der Waals surface area contributed by atoms with E-state index in [0.717, 1.165) is 39.1 Å². The molecule has 1 amide bonds.